The summed E-state index contributed by atoms with van der Waals surface area (Å²) in [6.45, 7) is 2.55. The molecule has 1 aromatic heterocycles. The van der Waals surface area contributed by atoms with Crippen molar-refractivity contribution in [3.8, 4) is 16.9 Å². The number of carbonyl (C=O) groups excluding carboxylic acids is 1. The highest BCUT2D eigenvalue weighted by atomic mass is 35.5. The molecule has 0 spiro atoms. The molecule has 1 unspecified atom stereocenters. The monoisotopic (exact) mass is 347 g/mol. The van der Waals surface area contributed by atoms with Gasteiger partial charge >= 0.3 is 0 Å². The van der Waals surface area contributed by atoms with E-state index in [1.165, 1.54) is 5.56 Å². The van der Waals surface area contributed by atoms with Crippen LogP contribution in [0, 0.1) is 5.41 Å². The molecular weight excluding hydrogens is 330 g/mol. The van der Waals surface area contributed by atoms with E-state index in [2.05, 4.69) is 28.2 Å². The molecule has 2 heterocycles. The quantitative estimate of drug-likeness (QED) is 0.896. The van der Waals surface area contributed by atoms with Crippen molar-refractivity contribution in [1.29, 1.82) is 0 Å². The molecule has 23 heavy (non-hydrogen) atoms. The first-order valence-electron chi connectivity index (χ1n) is 7.85. The fraction of sp³-hybridized carbons (Fsp3) is 0.389. The minimum absolute atomic E-state index is 0.0356. The largest absolute Gasteiger partial charge is 0.486 e. The van der Waals surface area contributed by atoms with Gasteiger partial charge in [-0.05, 0) is 52.9 Å². The Bertz CT molecular complexity index is 753. The van der Waals surface area contributed by atoms with Gasteiger partial charge in [0.15, 0.2) is 0 Å². The Morgan fingerprint density at radius 1 is 1.43 bits per heavy atom. The van der Waals surface area contributed by atoms with E-state index in [9.17, 15) is 4.79 Å². The summed E-state index contributed by atoms with van der Waals surface area (Å²) in [4.78, 5) is 12.0. The lowest BCUT2D eigenvalue weighted by atomic mass is 10.0. The SMILES string of the molecule is CC1(C(=O)NCC2Cc3cc(-c4ccsc4)cc(Cl)c3O2)CC1. The maximum atomic E-state index is 12.0. The van der Waals surface area contributed by atoms with Crippen molar-refractivity contribution in [2.75, 3.05) is 6.54 Å². The van der Waals surface area contributed by atoms with Gasteiger partial charge in [0.25, 0.3) is 0 Å². The summed E-state index contributed by atoms with van der Waals surface area (Å²) in [6, 6.07) is 6.19. The second-order valence-corrected chi connectivity index (χ2v) is 7.86. The first-order chi connectivity index (χ1) is 11.0. The molecule has 0 bridgehead atoms. The highest BCUT2D eigenvalue weighted by Gasteiger charge is 2.45. The molecule has 120 valence electrons. The Kier molecular flexibility index (Phi) is 3.62. The summed E-state index contributed by atoms with van der Waals surface area (Å²) in [7, 11) is 0. The van der Waals surface area contributed by atoms with E-state index < -0.39 is 0 Å². The Hall–Kier alpha value is -1.52. The van der Waals surface area contributed by atoms with Crippen LogP contribution in [0.2, 0.25) is 5.02 Å². The van der Waals surface area contributed by atoms with E-state index in [1.54, 1.807) is 11.3 Å². The van der Waals surface area contributed by atoms with E-state index in [0.29, 0.717) is 11.6 Å². The zero-order valence-electron chi connectivity index (χ0n) is 12.9. The Labute approximate surface area is 144 Å². The average Bonchev–Trinajstić information content (AvgIpc) is 2.97. The van der Waals surface area contributed by atoms with E-state index in [1.807, 2.05) is 13.0 Å². The molecule has 5 heteroatoms. The second-order valence-electron chi connectivity index (χ2n) is 6.67. The summed E-state index contributed by atoms with van der Waals surface area (Å²) in [5, 5.41) is 7.84. The van der Waals surface area contributed by atoms with Crippen LogP contribution < -0.4 is 10.1 Å². The number of rotatable bonds is 4. The summed E-state index contributed by atoms with van der Waals surface area (Å²) in [5.41, 5.74) is 3.28. The van der Waals surface area contributed by atoms with Crippen molar-refractivity contribution in [3.63, 3.8) is 0 Å². The molecule has 3 nitrogen and oxygen atoms in total. The molecule has 1 aromatic carbocycles. The van der Waals surface area contributed by atoms with Crippen molar-refractivity contribution in [1.82, 2.24) is 5.32 Å². The van der Waals surface area contributed by atoms with E-state index >= 15 is 0 Å². The molecule has 2 aliphatic rings. The first kappa shape index (κ1) is 15.0. The van der Waals surface area contributed by atoms with Gasteiger partial charge in [-0.25, -0.2) is 0 Å². The lowest BCUT2D eigenvalue weighted by molar-refractivity contribution is -0.126. The van der Waals surface area contributed by atoms with E-state index in [4.69, 9.17) is 16.3 Å². The molecule has 1 fully saturated rings. The minimum Gasteiger partial charge on any atom is -0.486 e. The van der Waals surface area contributed by atoms with Gasteiger partial charge in [0.2, 0.25) is 5.91 Å². The van der Waals surface area contributed by atoms with Crippen molar-refractivity contribution in [3.05, 3.63) is 39.5 Å². The molecule has 2 aromatic rings. The predicted octanol–water partition coefficient (Wildman–Crippen LogP) is 4.29. The number of halogens is 1. The van der Waals surface area contributed by atoms with Crippen LogP contribution in [-0.2, 0) is 11.2 Å². The zero-order valence-corrected chi connectivity index (χ0v) is 14.5. The van der Waals surface area contributed by atoms with Crippen LogP contribution >= 0.6 is 22.9 Å². The minimum atomic E-state index is -0.144. The summed E-state index contributed by atoms with van der Waals surface area (Å²) in [5.74, 6) is 0.907. The van der Waals surface area contributed by atoms with Gasteiger partial charge in [-0.2, -0.15) is 11.3 Å². The highest BCUT2D eigenvalue weighted by Crippen LogP contribution is 2.45. The third-order valence-electron chi connectivity index (χ3n) is 4.75. The summed E-state index contributed by atoms with van der Waals surface area (Å²) >= 11 is 8.07. The topological polar surface area (TPSA) is 38.3 Å². The van der Waals surface area contributed by atoms with Gasteiger partial charge in [0.1, 0.15) is 11.9 Å². The third kappa shape index (κ3) is 2.86. The van der Waals surface area contributed by atoms with Gasteiger partial charge in [0.05, 0.1) is 11.6 Å². The lowest BCUT2D eigenvalue weighted by Gasteiger charge is -2.14. The number of thiophene rings is 1. The van der Waals surface area contributed by atoms with Crippen LogP contribution in [0.1, 0.15) is 25.3 Å². The van der Waals surface area contributed by atoms with Crippen LogP contribution in [0.4, 0.5) is 0 Å². The van der Waals surface area contributed by atoms with Crippen LogP contribution in [0.25, 0.3) is 11.1 Å². The molecule has 4 rings (SSSR count). The van der Waals surface area contributed by atoms with E-state index in [-0.39, 0.29) is 17.4 Å². The highest BCUT2D eigenvalue weighted by molar-refractivity contribution is 7.08. The Balaban J connectivity index is 1.46. The van der Waals surface area contributed by atoms with Gasteiger partial charge in [-0.3, -0.25) is 4.79 Å². The van der Waals surface area contributed by atoms with Crippen molar-refractivity contribution in [2.45, 2.75) is 32.3 Å². The number of nitrogens with one attached hydrogen (secondary N) is 1. The number of benzene rings is 1. The predicted molar refractivity (Wildman–Crippen MR) is 93.2 cm³/mol. The van der Waals surface area contributed by atoms with Crippen molar-refractivity contribution in [2.24, 2.45) is 5.41 Å². The molecule has 0 saturated heterocycles. The van der Waals surface area contributed by atoms with Gasteiger partial charge in [-0.15, -0.1) is 0 Å². The summed E-state index contributed by atoms with van der Waals surface area (Å²) in [6.07, 6.45) is 2.72. The van der Waals surface area contributed by atoms with Gasteiger partial charge < -0.3 is 10.1 Å². The third-order valence-corrected chi connectivity index (χ3v) is 5.71. The molecular formula is C18H18ClNO2S. The Morgan fingerprint density at radius 2 is 2.26 bits per heavy atom. The molecule has 1 aliphatic heterocycles. The maximum Gasteiger partial charge on any atom is 0.226 e. The van der Waals surface area contributed by atoms with Crippen LogP contribution in [0.5, 0.6) is 5.75 Å². The molecule has 1 amide bonds. The molecule has 1 saturated carbocycles. The number of amides is 1. The number of ether oxygens (including phenoxy) is 1. The normalized spacial score (nSPS) is 20.7. The molecule has 0 radical (unpaired) electrons. The number of hydrogen-bond donors (Lipinski definition) is 1. The maximum absolute atomic E-state index is 12.0. The van der Waals surface area contributed by atoms with Crippen molar-refractivity contribution >= 4 is 28.8 Å². The number of fused-ring (bicyclic) bond motifs is 1. The second kappa shape index (κ2) is 5.53. The standard InChI is InChI=1S/C18H18ClNO2S/c1-18(3-4-18)17(21)20-9-14-7-13-6-12(11-2-5-23-10-11)8-15(19)16(13)22-14/h2,5-6,8,10,14H,3-4,7,9H2,1H3,(H,20,21). The number of hydrogen-bond acceptors (Lipinski definition) is 3. The van der Waals surface area contributed by atoms with Crippen LogP contribution in [0.15, 0.2) is 29.0 Å². The van der Waals surface area contributed by atoms with Gasteiger partial charge in [0, 0.05) is 17.4 Å². The lowest BCUT2D eigenvalue weighted by Crippen LogP contribution is -2.38. The van der Waals surface area contributed by atoms with Gasteiger partial charge in [-0.1, -0.05) is 18.5 Å². The molecule has 1 N–H and O–H groups in total. The Morgan fingerprint density at radius 3 is 2.96 bits per heavy atom. The average molecular weight is 348 g/mol. The molecule has 1 aliphatic carbocycles. The van der Waals surface area contributed by atoms with Crippen LogP contribution in [0.3, 0.4) is 0 Å². The fourth-order valence-corrected chi connectivity index (χ4v) is 3.88. The first-order valence-corrected chi connectivity index (χ1v) is 9.17. The van der Waals surface area contributed by atoms with Crippen molar-refractivity contribution < 1.29 is 9.53 Å². The van der Waals surface area contributed by atoms with E-state index in [0.717, 1.165) is 36.1 Å². The molecule has 1 atom stereocenters. The van der Waals surface area contributed by atoms with Crippen LogP contribution in [-0.4, -0.2) is 18.6 Å². The summed E-state index contributed by atoms with van der Waals surface area (Å²) < 4.78 is 5.95. The zero-order chi connectivity index (χ0) is 16.0. The number of carbonyl (C=O) groups is 1. The smallest absolute Gasteiger partial charge is 0.226 e. The fourth-order valence-electron chi connectivity index (χ4n) is 2.93.